The van der Waals surface area contributed by atoms with Gasteiger partial charge in [0.15, 0.2) is 11.5 Å². The van der Waals surface area contributed by atoms with E-state index < -0.39 is 0 Å². The van der Waals surface area contributed by atoms with E-state index >= 15 is 0 Å². The van der Waals surface area contributed by atoms with Crippen molar-refractivity contribution in [2.45, 2.75) is 26.3 Å². The van der Waals surface area contributed by atoms with E-state index in [1.165, 1.54) is 11.1 Å². The molecule has 2 aromatic carbocycles. The first-order chi connectivity index (χ1) is 14.2. The van der Waals surface area contributed by atoms with E-state index in [0.29, 0.717) is 24.6 Å². The number of hydrogen-bond donors (Lipinski definition) is 1. The van der Waals surface area contributed by atoms with E-state index in [1.807, 2.05) is 16.7 Å². The van der Waals surface area contributed by atoms with Crippen LogP contribution in [0, 0.1) is 18.3 Å². The van der Waals surface area contributed by atoms with E-state index in [9.17, 15) is 5.26 Å². The van der Waals surface area contributed by atoms with Gasteiger partial charge in [0.25, 0.3) is 5.82 Å². The normalized spacial score (nSPS) is 14.3. The van der Waals surface area contributed by atoms with Gasteiger partial charge < -0.3 is 9.47 Å². The molecule has 0 unspecified atom stereocenters. The lowest BCUT2D eigenvalue weighted by atomic mass is 9.92. The summed E-state index contributed by atoms with van der Waals surface area (Å²) in [4.78, 5) is 0. The predicted molar refractivity (Wildman–Crippen MR) is 111 cm³/mol. The molecule has 0 atom stereocenters. The van der Waals surface area contributed by atoms with Gasteiger partial charge in [-0.1, -0.05) is 29.8 Å². The zero-order valence-electron chi connectivity index (χ0n) is 16.4. The molecule has 0 spiro atoms. The SMILES string of the molecule is Cc1ccc(-c2cc3[n+](c(N)c2C#N)CCc2cc4c(cc2-3)OCCCO4)cc1. The molecular formula is C24H22N3O2+. The van der Waals surface area contributed by atoms with Crippen molar-refractivity contribution in [3.8, 4) is 40.0 Å². The van der Waals surface area contributed by atoms with Gasteiger partial charge in [-0.3, -0.25) is 5.73 Å². The molecule has 0 saturated heterocycles. The molecule has 5 heteroatoms. The lowest BCUT2D eigenvalue weighted by Gasteiger charge is -2.22. The Morgan fingerprint density at radius 3 is 2.45 bits per heavy atom. The molecule has 2 N–H and O–H groups in total. The summed E-state index contributed by atoms with van der Waals surface area (Å²) in [6.07, 6.45) is 1.71. The van der Waals surface area contributed by atoms with E-state index in [4.69, 9.17) is 15.2 Å². The van der Waals surface area contributed by atoms with E-state index in [0.717, 1.165) is 53.3 Å². The van der Waals surface area contributed by atoms with Crippen LogP contribution < -0.4 is 19.8 Å². The smallest absolute Gasteiger partial charge is 0.291 e. The molecule has 5 nitrogen and oxygen atoms in total. The monoisotopic (exact) mass is 384 g/mol. The van der Waals surface area contributed by atoms with Crippen LogP contribution in [0.2, 0.25) is 0 Å². The van der Waals surface area contributed by atoms with Gasteiger partial charge in [0.05, 0.1) is 19.8 Å². The van der Waals surface area contributed by atoms with Crippen LogP contribution in [-0.4, -0.2) is 13.2 Å². The standard InChI is InChI=1S/C24H21N3O2/c1-15-3-5-16(6-4-15)18-12-21-19-13-23-22(28-9-2-10-29-23)11-17(19)7-8-27(21)24(26)20(18)14-25/h3-6,11-13,26H,2,7-10H2,1H3/p+1. The molecule has 0 aliphatic carbocycles. The van der Waals surface area contributed by atoms with Crippen molar-refractivity contribution in [1.82, 2.24) is 0 Å². The van der Waals surface area contributed by atoms with Gasteiger partial charge in [0.2, 0.25) is 0 Å². The minimum absolute atomic E-state index is 0.512. The lowest BCUT2D eigenvalue weighted by molar-refractivity contribution is -0.673. The van der Waals surface area contributed by atoms with Gasteiger partial charge >= 0.3 is 0 Å². The van der Waals surface area contributed by atoms with Crippen molar-refractivity contribution in [2.24, 2.45) is 0 Å². The predicted octanol–water partition coefficient (Wildman–Crippen LogP) is 3.79. The van der Waals surface area contributed by atoms with Crippen LogP contribution in [0.1, 0.15) is 23.1 Å². The lowest BCUT2D eigenvalue weighted by Crippen LogP contribution is -2.44. The maximum atomic E-state index is 9.82. The third-order valence-electron chi connectivity index (χ3n) is 5.72. The number of nitriles is 1. The third kappa shape index (κ3) is 2.89. The number of nitrogens with zero attached hydrogens (tertiary/aromatic N) is 2. The second kappa shape index (κ2) is 6.82. The molecule has 0 saturated carbocycles. The first kappa shape index (κ1) is 17.6. The Hall–Kier alpha value is -3.52. The number of hydrogen-bond acceptors (Lipinski definition) is 4. The summed E-state index contributed by atoms with van der Waals surface area (Å²) in [7, 11) is 0. The Kier molecular flexibility index (Phi) is 4.13. The summed E-state index contributed by atoms with van der Waals surface area (Å²) < 4.78 is 13.8. The van der Waals surface area contributed by atoms with Crippen molar-refractivity contribution in [1.29, 1.82) is 5.26 Å². The quantitative estimate of drug-likeness (QED) is 0.648. The van der Waals surface area contributed by atoms with Gasteiger partial charge in [-0.05, 0) is 36.2 Å². The summed E-state index contributed by atoms with van der Waals surface area (Å²) in [5, 5.41) is 9.82. The Bertz CT molecular complexity index is 1160. The fourth-order valence-electron chi connectivity index (χ4n) is 4.16. The number of aryl methyl sites for hydroxylation is 2. The number of anilines is 1. The van der Waals surface area contributed by atoms with Crippen molar-refractivity contribution in [2.75, 3.05) is 18.9 Å². The maximum Gasteiger partial charge on any atom is 0.291 e. The summed E-state index contributed by atoms with van der Waals surface area (Å²) in [6.45, 7) is 4.11. The summed E-state index contributed by atoms with van der Waals surface area (Å²) in [6, 6.07) is 16.8. The Morgan fingerprint density at radius 2 is 1.72 bits per heavy atom. The number of nitrogens with two attached hydrogens (primary N) is 1. The number of benzene rings is 2. The zero-order chi connectivity index (χ0) is 20.0. The van der Waals surface area contributed by atoms with Gasteiger partial charge in [0, 0.05) is 24.0 Å². The molecule has 0 radical (unpaired) electrons. The van der Waals surface area contributed by atoms with Crippen molar-refractivity contribution >= 4 is 5.82 Å². The van der Waals surface area contributed by atoms with Crippen LogP contribution in [0.4, 0.5) is 5.82 Å². The largest absolute Gasteiger partial charge is 0.490 e. The number of pyridine rings is 1. The average Bonchev–Trinajstić information content (AvgIpc) is 2.97. The first-order valence-electron chi connectivity index (χ1n) is 9.92. The highest BCUT2D eigenvalue weighted by atomic mass is 16.5. The van der Waals surface area contributed by atoms with Crippen molar-refractivity contribution in [3.63, 3.8) is 0 Å². The van der Waals surface area contributed by atoms with Crippen molar-refractivity contribution < 1.29 is 14.0 Å². The van der Waals surface area contributed by atoms with Crippen LogP contribution in [0.5, 0.6) is 11.5 Å². The second-order valence-electron chi connectivity index (χ2n) is 7.59. The summed E-state index contributed by atoms with van der Waals surface area (Å²) in [5.41, 5.74) is 13.3. The number of fused-ring (bicyclic) bond motifs is 4. The molecule has 0 bridgehead atoms. The van der Waals surface area contributed by atoms with Gasteiger partial charge in [-0.15, -0.1) is 0 Å². The molecule has 2 aliphatic heterocycles. The molecule has 144 valence electrons. The highest BCUT2D eigenvalue weighted by molar-refractivity contribution is 5.79. The van der Waals surface area contributed by atoms with E-state index in [-0.39, 0.29) is 0 Å². The van der Waals surface area contributed by atoms with Crippen LogP contribution in [0.15, 0.2) is 42.5 Å². The van der Waals surface area contributed by atoms with E-state index in [2.05, 4.69) is 43.3 Å². The van der Waals surface area contributed by atoms with Crippen LogP contribution in [-0.2, 0) is 13.0 Å². The van der Waals surface area contributed by atoms with Crippen LogP contribution >= 0.6 is 0 Å². The Labute approximate surface area is 169 Å². The van der Waals surface area contributed by atoms with Crippen LogP contribution in [0.3, 0.4) is 0 Å². The molecule has 29 heavy (non-hydrogen) atoms. The highest BCUT2D eigenvalue weighted by Gasteiger charge is 2.29. The number of aromatic nitrogens is 1. The zero-order valence-corrected chi connectivity index (χ0v) is 16.4. The molecular weight excluding hydrogens is 362 g/mol. The average molecular weight is 384 g/mol. The van der Waals surface area contributed by atoms with Crippen molar-refractivity contribution in [3.05, 3.63) is 59.2 Å². The molecule has 3 aromatic rings. The fourth-order valence-corrected chi connectivity index (χ4v) is 4.16. The van der Waals surface area contributed by atoms with Gasteiger partial charge in [0.1, 0.15) is 17.3 Å². The molecule has 0 amide bonds. The molecule has 3 heterocycles. The topological polar surface area (TPSA) is 72.2 Å². The number of nitrogen functional groups attached to an aromatic ring is 1. The molecule has 0 fully saturated rings. The Morgan fingerprint density at radius 1 is 1.00 bits per heavy atom. The summed E-state index contributed by atoms with van der Waals surface area (Å²) in [5.74, 6) is 2.10. The number of rotatable bonds is 1. The highest BCUT2D eigenvalue weighted by Crippen LogP contribution is 2.40. The Balaban J connectivity index is 1.73. The molecule has 2 aliphatic rings. The first-order valence-corrected chi connectivity index (χ1v) is 9.92. The van der Waals surface area contributed by atoms with E-state index in [1.54, 1.807) is 0 Å². The minimum atomic E-state index is 0.512. The molecule has 5 rings (SSSR count). The maximum absolute atomic E-state index is 9.82. The minimum Gasteiger partial charge on any atom is -0.490 e. The van der Waals surface area contributed by atoms with Crippen LogP contribution in [0.25, 0.3) is 22.4 Å². The fraction of sp³-hybridized carbons (Fsp3) is 0.250. The summed E-state index contributed by atoms with van der Waals surface area (Å²) >= 11 is 0. The molecule has 1 aromatic heterocycles. The van der Waals surface area contributed by atoms with Gasteiger partial charge in [-0.25, -0.2) is 4.57 Å². The van der Waals surface area contributed by atoms with Gasteiger partial charge in [-0.2, -0.15) is 5.26 Å². The third-order valence-corrected chi connectivity index (χ3v) is 5.72. The number of ether oxygens (including phenoxy) is 2. The second-order valence-corrected chi connectivity index (χ2v) is 7.59.